The standard InChI is InChI=1S/C20H30O2/c1-12-10-13-11-14(21)6-8-19(13,2)16-7-9-20(3)15(18(12)16)4-5-17(20)22/h6-8,12-15,17-18,21-22H,4-5,9-11H2,1-3H3/t12-,13?,14-,15-,17-,18-,19-,20-/m0/s1. The Bertz CT molecular complexity index is 536. The first kappa shape index (κ1) is 15.0. The monoisotopic (exact) mass is 302 g/mol. The molecule has 0 aromatic carbocycles. The summed E-state index contributed by atoms with van der Waals surface area (Å²) >= 11 is 0. The van der Waals surface area contributed by atoms with E-state index in [0.717, 1.165) is 19.3 Å². The van der Waals surface area contributed by atoms with Crippen LogP contribution in [0.5, 0.6) is 0 Å². The van der Waals surface area contributed by atoms with E-state index in [9.17, 15) is 10.2 Å². The third-order valence-corrected chi connectivity index (χ3v) is 7.84. The van der Waals surface area contributed by atoms with Crippen molar-refractivity contribution in [2.75, 3.05) is 0 Å². The van der Waals surface area contributed by atoms with E-state index < -0.39 is 0 Å². The lowest BCUT2D eigenvalue weighted by molar-refractivity contribution is -0.0156. The highest BCUT2D eigenvalue weighted by Gasteiger charge is 2.58. The Kier molecular flexibility index (Phi) is 3.20. The zero-order valence-electron chi connectivity index (χ0n) is 14.1. The number of fused-ring (bicyclic) bond motifs is 5. The van der Waals surface area contributed by atoms with Gasteiger partial charge in [0.15, 0.2) is 0 Å². The second-order valence-electron chi connectivity index (χ2n) is 8.95. The SMILES string of the molecule is C[C@H]1CC2C[C@@H](O)C=C[C@]2(C)C2=CC[C@]3(C)[C@@H](O)CC[C@H]3[C@@H]21. The van der Waals surface area contributed by atoms with Crippen molar-refractivity contribution < 1.29 is 10.2 Å². The Morgan fingerprint density at radius 2 is 1.91 bits per heavy atom. The van der Waals surface area contributed by atoms with Gasteiger partial charge in [-0.15, -0.1) is 0 Å². The summed E-state index contributed by atoms with van der Waals surface area (Å²) in [5.74, 6) is 2.49. The van der Waals surface area contributed by atoms with Crippen LogP contribution in [0.2, 0.25) is 0 Å². The molecule has 2 saturated carbocycles. The molecule has 2 nitrogen and oxygen atoms in total. The lowest BCUT2D eigenvalue weighted by Crippen LogP contribution is -2.50. The Labute approximate surface area is 134 Å². The second kappa shape index (κ2) is 4.70. The zero-order chi connectivity index (χ0) is 15.7. The molecule has 2 heteroatoms. The van der Waals surface area contributed by atoms with Crippen molar-refractivity contribution in [3.8, 4) is 0 Å². The lowest BCUT2D eigenvalue weighted by atomic mass is 9.48. The molecule has 4 aliphatic rings. The molecule has 0 aromatic rings. The average Bonchev–Trinajstić information content (AvgIpc) is 2.77. The van der Waals surface area contributed by atoms with Gasteiger partial charge in [0.25, 0.3) is 0 Å². The number of allylic oxidation sites excluding steroid dienone is 3. The maximum Gasteiger partial charge on any atom is 0.0724 e. The fourth-order valence-corrected chi connectivity index (χ4v) is 6.42. The Morgan fingerprint density at radius 1 is 1.14 bits per heavy atom. The molecule has 0 radical (unpaired) electrons. The van der Waals surface area contributed by atoms with Crippen LogP contribution in [-0.4, -0.2) is 22.4 Å². The second-order valence-corrected chi connectivity index (χ2v) is 8.95. The van der Waals surface area contributed by atoms with Crippen molar-refractivity contribution in [3.63, 3.8) is 0 Å². The van der Waals surface area contributed by atoms with Crippen LogP contribution in [0.15, 0.2) is 23.8 Å². The van der Waals surface area contributed by atoms with E-state index in [2.05, 4.69) is 32.9 Å². The fraction of sp³-hybridized carbons (Fsp3) is 0.800. The van der Waals surface area contributed by atoms with E-state index in [1.54, 1.807) is 5.57 Å². The van der Waals surface area contributed by atoms with Crippen molar-refractivity contribution in [1.82, 2.24) is 0 Å². The highest BCUT2D eigenvalue weighted by atomic mass is 16.3. The molecule has 2 fully saturated rings. The summed E-state index contributed by atoms with van der Waals surface area (Å²) in [6, 6.07) is 0. The molecular formula is C20H30O2. The molecule has 122 valence electrons. The molecule has 0 amide bonds. The highest BCUT2D eigenvalue weighted by Crippen LogP contribution is 2.64. The van der Waals surface area contributed by atoms with Crippen molar-refractivity contribution >= 4 is 0 Å². The van der Waals surface area contributed by atoms with Gasteiger partial charge in [0, 0.05) is 10.8 Å². The minimum absolute atomic E-state index is 0.0868. The van der Waals surface area contributed by atoms with Gasteiger partial charge in [-0.2, -0.15) is 0 Å². The Morgan fingerprint density at radius 3 is 2.68 bits per heavy atom. The number of aliphatic hydroxyl groups is 2. The van der Waals surface area contributed by atoms with E-state index in [0.29, 0.717) is 23.7 Å². The molecule has 0 saturated heterocycles. The largest absolute Gasteiger partial charge is 0.393 e. The van der Waals surface area contributed by atoms with E-state index in [4.69, 9.17) is 0 Å². The van der Waals surface area contributed by atoms with E-state index in [1.807, 2.05) is 6.08 Å². The molecule has 0 aromatic heterocycles. The molecule has 0 bridgehead atoms. The van der Waals surface area contributed by atoms with Gasteiger partial charge in [-0.05, 0) is 55.8 Å². The molecule has 0 spiro atoms. The third kappa shape index (κ3) is 1.80. The van der Waals surface area contributed by atoms with Gasteiger partial charge < -0.3 is 10.2 Å². The molecule has 2 N–H and O–H groups in total. The van der Waals surface area contributed by atoms with E-state index >= 15 is 0 Å². The summed E-state index contributed by atoms with van der Waals surface area (Å²) in [6.07, 6.45) is 11.7. The first-order valence-corrected chi connectivity index (χ1v) is 9.12. The molecule has 0 heterocycles. The topological polar surface area (TPSA) is 40.5 Å². The van der Waals surface area contributed by atoms with Crippen LogP contribution >= 0.6 is 0 Å². The van der Waals surface area contributed by atoms with Crippen LogP contribution in [0, 0.1) is 34.5 Å². The van der Waals surface area contributed by atoms with Gasteiger partial charge in [-0.3, -0.25) is 0 Å². The van der Waals surface area contributed by atoms with Crippen molar-refractivity contribution in [2.45, 2.75) is 65.1 Å². The van der Waals surface area contributed by atoms with E-state index in [-0.39, 0.29) is 23.0 Å². The summed E-state index contributed by atoms with van der Waals surface area (Å²) in [7, 11) is 0. The predicted octanol–water partition coefficient (Wildman–Crippen LogP) is 3.69. The minimum atomic E-state index is -0.260. The van der Waals surface area contributed by atoms with Gasteiger partial charge in [0.2, 0.25) is 0 Å². The fourth-order valence-electron chi connectivity index (χ4n) is 6.42. The number of hydrogen-bond donors (Lipinski definition) is 2. The first-order valence-electron chi connectivity index (χ1n) is 9.12. The van der Waals surface area contributed by atoms with Gasteiger partial charge in [-0.25, -0.2) is 0 Å². The molecule has 4 aliphatic carbocycles. The van der Waals surface area contributed by atoms with Gasteiger partial charge in [-0.1, -0.05) is 44.6 Å². The minimum Gasteiger partial charge on any atom is -0.393 e. The molecule has 22 heavy (non-hydrogen) atoms. The van der Waals surface area contributed by atoms with Crippen molar-refractivity contribution in [3.05, 3.63) is 23.8 Å². The molecule has 1 unspecified atom stereocenters. The van der Waals surface area contributed by atoms with Crippen molar-refractivity contribution in [2.24, 2.45) is 34.5 Å². The Balaban J connectivity index is 1.78. The van der Waals surface area contributed by atoms with Gasteiger partial charge >= 0.3 is 0 Å². The van der Waals surface area contributed by atoms with Crippen LogP contribution in [-0.2, 0) is 0 Å². The van der Waals surface area contributed by atoms with Crippen LogP contribution in [0.1, 0.15) is 52.9 Å². The highest BCUT2D eigenvalue weighted by molar-refractivity contribution is 5.35. The summed E-state index contributed by atoms with van der Waals surface area (Å²) in [5.41, 5.74) is 1.84. The summed E-state index contributed by atoms with van der Waals surface area (Å²) in [4.78, 5) is 0. The van der Waals surface area contributed by atoms with Gasteiger partial charge in [0.05, 0.1) is 12.2 Å². The predicted molar refractivity (Wildman–Crippen MR) is 88.2 cm³/mol. The summed E-state index contributed by atoms with van der Waals surface area (Å²) in [5, 5.41) is 20.5. The number of aliphatic hydroxyl groups excluding tert-OH is 2. The molecule has 4 rings (SSSR count). The number of hydrogen-bond acceptors (Lipinski definition) is 2. The normalized spacial score (nSPS) is 56.9. The summed E-state index contributed by atoms with van der Waals surface area (Å²) < 4.78 is 0. The Hall–Kier alpha value is -0.600. The molecule has 8 atom stereocenters. The van der Waals surface area contributed by atoms with E-state index in [1.165, 1.54) is 12.8 Å². The van der Waals surface area contributed by atoms with Crippen LogP contribution < -0.4 is 0 Å². The van der Waals surface area contributed by atoms with Crippen molar-refractivity contribution in [1.29, 1.82) is 0 Å². The van der Waals surface area contributed by atoms with Crippen LogP contribution in [0.25, 0.3) is 0 Å². The average molecular weight is 302 g/mol. The third-order valence-electron chi connectivity index (χ3n) is 7.84. The van der Waals surface area contributed by atoms with Gasteiger partial charge in [0.1, 0.15) is 0 Å². The maximum absolute atomic E-state index is 10.5. The smallest absolute Gasteiger partial charge is 0.0724 e. The lowest BCUT2D eigenvalue weighted by Gasteiger charge is -2.57. The van der Waals surface area contributed by atoms with Crippen LogP contribution in [0.4, 0.5) is 0 Å². The molecular weight excluding hydrogens is 272 g/mol. The van der Waals surface area contributed by atoms with Crippen LogP contribution in [0.3, 0.4) is 0 Å². The zero-order valence-corrected chi connectivity index (χ0v) is 14.1. The molecule has 0 aliphatic heterocycles. The quantitative estimate of drug-likeness (QED) is 0.670. The number of rotatable bonds is 0. The summed E-state index contributed by atoms with van der Waals surface area (Å²) in [6.45, 7) is 7.10. The maximum atomic E-state index is 10.5. The first-order chi connectivity index (χ1) is 10.4.